The molecule has 0 aromatic carbocycles. The van der Waals surface area contributed by atoms with Crippen LogP contribution in [0, 0.1) is 0 Å². The fraction of sp³-hybridized carbons (Fsp3) is 0.400. The van der Waals surface area contributed by atoms with Crippen molar-refractivity contribution in [2.45, 2.75) is 6.42 Å². The van der Waals surface area contributed by atoms with Crippen LogP contribution >= 0.6 is 0 Å². The molecule has 0 bridgehead atoms. The normalized spacial score (nSPS) is 9.92. The van der Waals surface area contributed by atoms with Crippen molar-refractivity contribution in [3.63, 3.8) is 0 Å². The molecule has 0 heterocycles. The minimum atomic E-state index is -1.25. The van der Waals surface area contributed by atoms with Crippen LogP contribution in [0.5, 0.6) is 0 Å². The van der Waals surface area contributed by atoms with Gasteiger partial charge in [-0.3, -0.25) is 19.2 Å². The lowest BCUT2D eigenvalue weighted by Gasteiger charge is -2.22. The lowest BCUT2D eigenvalue weighted by atomic mass is 10.3. The maximum atomic E-state index is 12.0. The highest BCUT2D eigenvalue weighted by Gasteiger charge is 2.13. The van der Waals surface area contributed by atoms with Crippen molar-refractivity contribution in [1.82, 2.24) is 15.5 Å². The van der Waals surface area contributed by atoms with Crippen LogP contribution in [0.4, 0.5) is 0 Å². The van der Waals surface area contributed by atoms with Crippen molar-refractivity contribution < 1.29 is 33.8 Å². The van der Waals surface area contributed by atoms with E-state index in [2.05, 4.69) is 21.9 Å². The van der Waals surface area contributed by atoms with Crippen molar-refractivity contribution in [3.8, 4) is 0 Å². The third-order valence-corrected chi connectivity index (χ3v) is 2.78. The highest BCUT2D eigenvalue weighted by atomic mass is 16.5. The minimum absolute atomic E-state index is 0.0407. The van der Waals surface area contributed by atoms with Crippen LogP contribution in [0.1, 0.15) is 6.42 Å². The second-order valence-electron chi connectivity index (χ2n) is 4.56. The van der Waals surface area contributed by atoms with Gasteiger partial charge >= 0.3 is 5.97 Å². The Labute approximate surface area is 144 Å². The number of hydrogen-bond acceptors (Lipinski definition) is 6. The first-order valence-corrected chi connectivity index (χ1v) is 7.32. The molecule has 10 nitrogen and oxygen atoms in total. The number of rotatable bonds is 13. The summed E-state index contributed by atoms with van der Waals surface area (Å²) in [6, 6.07) is 0. The van der Waals surface area contributed by atoms with E-state index in [-0.39, 0.29) is 57.5 Å². The standard InChI is InChI=1S/C15H21N3O7/c1-2-12(20)16-6-8-18(14(22)5-10-25-11-19)9-7-17-13(21)3-4-15(23)24/h2-4,11H,1,5-10H2,(H,16,20)(H,17,21)(H,23,24)/b4-3+. The molecule has 0 atom stereocenters. The molecule has 0 aliphatic carbocycles. The van der Waals surface area contributed by atoms with Gasteiger partial charge in [-0.1, -0.05) is 6.58 Å². The van der Waals surface area contributed by atoms with Gasteiger partial charge in [-0.25, -0.2) is 4.79 Å². The molecule has 0 aromatic rings. The van der Waals surface area contributed by atoms with Crippen molar-refractivity contribution in [2.24, 2.45) is 0 Å². The Morgan fingerprint density at radius 2 is 1.64 bits per heavy atom. The van der Waals surface area contributed by atoms with Gasteiger partial charge in [0.05, 0.1) is 13.0 Å². The molecule has 25 heavy (non-hydrogen) atoms. The smallest absolute Gasteiger partial charge is 0.328 e. The summed E-state index contributed by atoms with van der Waals surface area (Å²) in [6.07, 6.45) is 2.61. The van der Waals surface area contributed by atoms with E-state index in [4.69, 9.17) is 5.11 Å². The number of nitrogens with one attached hydrogen (secondary N) is 2. The molecule has 0 aromatic heterocycles. The lowest BCUT2D eigenvalue weighted by Crippen LogP contribution is -2.42. The number of carbonyl (C=O) groups is 5. The van der Waals surface area contributed by atoms with E-state index in [0.717, 1.165) is 12.2 Å². The third kappa shape index (κ3) is 12.0. The summed E-state index contributed by atoms with van der Waals surface area (Å²) in [5.41, 5.74) is 0. The number of amides is 3. The number of carboxylic acids is 1. The topological polar surface area (TPSA) is 142 Å². The quantitative estimate of drug-likeness (QED) is 0.206. The van der Waals surface area contributed by atoms with Crippen molar-refractivity contribution >= 4 is 30.2 Å². The zero-order valence-electron chi connectivity index (χ0n) is 13.6. The van der Waals surface area contributed by atoms with E-state index >= 15 is 0 Å². The van der Waals surface area contributed by atoms with Crippen LogP contribution < -0.4 is 10.6 Å². The molecule has 3 amide bonds. The van der Waals surface area contributed by atoms with Gasteiger partial charge in [0.15, 0.2) is 0 Å². The summed E-state index contributed by atoms with van der Waals surface area (Å²) in [7, 11) is 0. The van der Waals surface area contributed by atoms with Crippen LogP contribution in [-0.4, -0.2) is 73.0 Å². The number of nitrogens with zero attached hydrogens (tertiary/aromatic N) is 1. The van der Waals surface area contributed by atoms with Crippen molar-refractivity contribution in [3.05, 3.63) is 24.8 Å². The predicted molar refractivity (Wildman–Crippen MR) is 86.2 cm³/mol. The number of carboxylic acid groups (broad SMARTS) is 1. The average Bonchev–Trinajstić information content (AvgIpc) is 2.58. The Bertz CT molecular complexity index is 531. The highest BCUT2D eigenvalue weighted by Crippen LogP contribution is 1.95. The Morgan fingerprint density at radius 3 is 2.16 bits per heavy atom. The Balaban J connectivity index is 4.44. The molecule has 0 rings (SSSR count). The molecular weight excluding hydrogens is 334 g/mol. The fourth-order valence-electron chi connectivity index (χ4n) is 1.62. The molecule has 0 spiro atoms. The largest absolute Gasteiger partial charge is 0.478 e. The van der Waals surface area contributed by atoms with Crippen LogP contribution in [0.3, 0.4) is 0 Å². The number of ether oxygens (including phenoxy) is 1. The molecule has 0 saturated heterocycles. The van der Waals surface area contributed by atoms with Gasteiger partial charge in [-0.15, -0.1) is 0 Å². The van der Waals surface area contributed by atoms with Crippen LogP contribution in [0.15, 0.2) is 24.8 Å². The maximum absolute atomic E-state index is 12.0. The Hall–Kier alpha value is -3.17. The summed E-state index contributed by atoms with van der Waals surface area (Å²) in [5.74, 6) is -2.58. The molecule has 0 aliphatic rings. The predicted octanol–water partition coefficient (Wildman–Crippen LogP) is -1.56. The van der Waals surface area contributed by atoms with Crippen LogP contribution in [-0.2, 0) is 28.7 Å². The van der Waals surface area contributed by atoms with E-state index in [1.165, 1.54) is 4.90 Å². The highest BCUT2D eigenvalue weighted by molar-refractivity contribution is 5.93. The van der Waals surface area contributed by atoms with Gasteiger partial charge in [0, 0.05) is 38.3 Å². The first-order chi connectivity index (χ1) is 11.9. The van der Waals surface area contributed by atoms with E-state index in [9.17, 15) is 24.0 Å². The van der Waals surface area contributed by atoms with Crippen LogP contribution in [0.2, 0.25) is 0 Å². The summed E-state index contributed by atoms with van der Waals surface area (Å²) in [6.45, 7) is 4.04. The summed E-state index contributed by atoms with van der Waals surface area (Å²) < 4.78 is 4.47. The molecule has 0 fully saturated rings. The minimum Gasteiger partial charge on any atom is -0.478 e. The molecule has 0 aliphatic heterocycles. The van der Waals surface area contributed by atoms with E-state index in [1.54, 1.807) is 0 Å². The molecule has 0 radical (unpaired) electrons. The number of aliphatic carboxylic acids is 1. The fourth-order valence-corrected chi connectivity index (χ4v) is 1.62. The summed E-state index contributed by atoms with van der Waals surface area (Å²) >= 11 is 0. The number of carbonyl (C=O) groups excluding carboxylic acids is 4. The molecule has 138 valence electrons. The monoisotopic (exact) mass is 355 g/mol. The Morgan fingerprint density at radius 1 is 1.04 bits per heavy atom. The van der Waals surface area contributed by atoms with E-state index < -0.39 is 11.9 Å². The molecule has 0 unspecified atom stereocenters. The van der Waals surface area contributed by atoms with E-state index in [1.807, 2.05) is 0 Å². The van der Waals surface area contributed by atoms with E-state index in [0.29, 0.717) is 6.08 Å². The summed E-state index contributed by atoms with van der Waals surface area (Å²) in [4.78, 5) is 56.3. The second-order valence-corrected chi connectivity index (χ2v) is 4.56. The van der Waals surface area contributed by atoms with Gasteiger partial charge in [-0.05, 0) is 6.08 Å². The second kappa shape index (κ2) is 13.3. The summed E-state index contributed by atoms with van der Waals surface area (Å²) in [5, 5.41) is 13.4. The lowest BCUT2D eigenvalue weighted by molar-refractivity contribution is -0.135. The molecule has 0 saturated carbocycles. The van der Waals surface area contributed by atoms with Gasteiger partial charge in [-0.2, -0.15) is 0 Å². The maximum Gasteiger partial charge on any atom is 0.328 e. The van der Waals surface area contributed by atoms with Gasteiger partial charge in [0.25, 0.3) is 6.47 Å². The SMILES string of the molecule is C=CC(=O)NCCN(CCNC(=O)/C=C/C(=O)O)C(=O)CCOC=O. The number of hydrogen-bond donors (Lipinski definition) is 3. The van der Waals surface area contributed by atoms with Crippen molar-refractivity contribution in [2.75, 3.05) is 32.8 Å². The van der Waals surface area contributed by atoms with Gasteiger partial charge < -0.3 is 25.4 Å². The van der Waals surface area contributed by atoms with Crippen molar-refractivity contribution in [1.29, 1.82) is 0 Å². The first-order valence-electron chi connectivity index (χ1n) is 7.32. The third-order valence-electron chi connectivity index (χ3n) is 2.78. The molecular formula is C15H21N3O7. The zero-order valence-corrected chi connectivity index (χ0v) is 13.6. The first kappa shape index (κ1) is 21.8. The average molecular weight is 355 g/mol. The molecule has 3 N–H and O–H groups in total. The van der Waals surface area contributed by atoms with Crippen LogP contribution in [0.25, 0.3) is 0 Å². The molecule has 10 heteroatoms. The van der Waals surface area contributed by atoms with Gasteiger partial charge in [0.2, 0.25) is 17.7 Å². The zero-order chi connectivity index (χ0) is 19.1. The Kier molecular flexibility index (Phi) is 11.6. The van der Waals surface area contributed by atoms with Gasteiger partial charge in [0.1, 0.15) is 0 Å².